The van der Waals surface area contributed by atoms with Crippen LogP contribution < -0.4 is 4.90 Å². The number of halogens is 2. The van der Waals surface area contributed by atoms with Crippen molar-refractivity contribution in [1.29, 1.82) is 0 Å². The molecule has 27 heavy (non-hydrogen) atoms. The number of benzene rings is 2. The number of aryl methyl sites for hydroxylation is 2. The van der Waals surface area contributed by atoms with Gasteiger partial charge in [-0.2, -0.15) is 0 Å². The lowest BCUT2D eigenvalue weighted by atomic mass is 10.00. The van der Waals surface area contributed by atoms with E-state index in [0.717, 1.165) is 23.4 Å². The number of Topliss-reactive ketones (excluding diaryl/α,β-unsaturated/α-hetero) is 1. The SMILES string of the molecule is CCN(C)C=Nc1cc(C)c(C(=O)CN(C)c2ccc(Br)cc2F)cc1C. The molecule has 0 saturated heterocycles. The van der Waals surface area contributed by atoms with Gasteiger partial charge in [0.05, 0.1) is 24.3 Å². The van der Waals surface area contributed by atoms with Crippen LogP contribution in [0.3, 0.4) is 0 Å². The summed E-state index contributed by atoms with van der Waals surface area (Å²) in [5.41, 5.74) is 3.67. The lowest BCUT2D eigenvalue weighted by Crippen LogP contribution is -2.27. The van der Waals surface area contributed by atoms with Gasteiger partial charge in [0.15, 0.2) is 5.78 Å². The summed E-state index contributed by atoms with van der Waals surface area (Å²) in [4.78, 5) is 20.9. The molecule has 2 aromatic carbocycles. The molecule has 0 bridgehead atoms. The summed E-state index contributed by atoms with van der Waals surface area (Å²) in [5.74, 6) is -0.418. The van der Waals surface area contributed by atoms with E-state index in [4.69, 9.17) is 0 Å². The molecule has 0 saturated carbocycles. The maximum atomic E-state index is 14.1. The van der Waals surface area contributed by atoms with Crippen LogP contribution in [0.15, 0.2) is 39.8 Å². The highest BCUT2D eigenvalue weighted by molar-refractivity contribution is 9.10. The normalized spacial score (nSPS) is 11.1. The van der Waals surface area contributed by atoms with Gasteiger partial charge in [0.25, 0.3) is 0 Å². The topological polar surface area (TPSA) is 35.9 Å². The van der Waals surface area contributed by atoms with Crippen molar-refractivity contribution in [2.24, 2.45) is 4.99 Å². The lowest BCUT2D eigenvalue weighted by molar-refractivity contribution is 0.0999. The van der Waals surface area contributed by atoms with Crippen LogP contribution in [0.4, 0.5) is 15.8 Å². The molecule has 4 nitrogen and oxygen atoms in total. The van der Waals surface area contributed by atoms with Crippen LogP contribution in [0.2, 0.25) is 0 Å². The average molecular weight is 434 g/mol. The highest BCUT2D eigenvalue weighted by Crippen LogP contribution is 2.25. The summed E-state index contributed by atoms with van der Waals surface area (Å²) >= 11 is 3.24. The molecule has 0 radical (unpaired) electrons. The Morgan fingerprint density at radius 1 is 1.19 bits per heavy atom. The van der Waals surface area contributed by atoms with Gasteiger partial charge in [-0.25, -0.2) is 9.38 Å². The first kappa shape index (κ1) is 21.1. The average Bonchev–Trinajstić information content (AvgIpc) is 2.61. The Bertz CT molecular complexity index is 867. The summed E-state index contributed by atoms with van der Waals surface area (Å²) in [7, 11) is 3.67. The summed E-state index contributed by atoms with van der Waals surface area (Å²) in [6, 6.07) is 8.60. The van der Waals surface area contributed by atoms with Gasteiger partial charge >= 0.3 is 0 Å². The fraction of sp³-hybridized carbons (Fsp3) is 0.333. The molecule has 0 aromatic heterocycles. The van der Waals surface area contributed by atoms with Crippen molar-refractivity contribution >= 4 is 39.4 Å². The number of anilines is 1. The van der Waals surface area contributed by atoms with Crippen LogP contribution in [0, 0.1) is 19.7 Å². The molecule has 0 amide bonds. The Balaban J connectivity index is 2.21. The van der Waals surface area contributed by atoms with E-state index in [1.54, 1.807) is 30.4 Å². The zero-order valence-electron chi connectivity index (χ0n) is 16.4. The lowest BCUT2D eigenvalue weighted by Gasteiger charge is -2.20. The molecule has 0 aliphatic rings. The molecular formula is C21H25BrFN3O. The van der Waals surface area contributed by atoms with Crippen molar-refractivity contribution in [3.8, 4) is 0 Å². The second-order valence-electron chi connectivity index (χ2n) is 6.65. The predicted molar refractivity (Wildman–Crippen MR) is 114 cm³/mol. The molecule has 0 N–H and O–H groups in total. The van der Waals surface area contributed by atoms with Gasteiger partial charge < -0.3 is 9.80 Å². The highest BCUT2D eigenvalue weighted by Gasteiger charge is 2.16. The van der Waals surface area contributed by atoms with Crippen LogP contribution in [0.5, 0.6) is 0 Å². The quantitative estimate of drug-likeness (QED) is 0.344. The van der Waals surface area contributed by atoms with E-state index >= 15 is 0 Å². The Morgan fingerprint density at radius 3 is 2.52 bits per heavy atom. The fourth-order valence-electron chi connectivity index (χ4n) is 2.66. The third-order valence-corrected chi connectivity index (χ3v) is 4.93. The molecule has 0 aliphatic carbocycles. The Hall–Kier alpha value is -2.21. The van der Waals surface area contributed by atoms with Crippen molar-refractivity contribution in [3.05, 3.63) is 57.3 Å². The monoisotopic (exact) mass is 433 g/mol. The largest absolute Gasteiger partial charge is 0.366 e. The molecule has 0 fully saturated rings. The van der Waals surface area contributed by atoms with Crippen molar-refractivity contribution in [3.63, 3.8) is 0 Å². The van der Waals surface area contributed by atoms with E-state index in [0.29, 0.717) is 15.7 Å². The van der Waals surface area contributed by atoms with E-state index in [9.17, 15) is 9.18 Å². The molecule has 0 atom stereocenters. The van der Waals surface area contributed by atoms with Gasteiger partial charge in [0, 0.05) is 30.7 Å². The molecular weight excluding hydrogens is 409 g/mol. The predicted octanol–water partition coefficient (Wildman–Crippen LogP) is 5.14. The van der Waals surface area contributed by atoms with Crippen LogP contribution in [-0.4, -0.2) is 44.2 Å². The number of nitrogens with zero attached hydrogens (tertiary/aromatic N) is 3. The van der Waals surface area contributed by atoms with Gasteiger partial charge in [-0.1, -0.05) is 15.9 Å². The fourth-order valence-corrected chi connectivity index (χ4v) is 2.99. The standard InChI is InChI=1S/C21H25BrFN3O/c1-6-25(4)13-24-19-10-14(2)17(9-15(19)3)21(27)12-26(5)20-8-7-16(22)11-18(20)23/h7-11,13H,6,12H2,1-5H3. The second kappa shape index (κ2) is 9.13. The zero-order valence-corrected chi connectivity index (χ0v) is 18.0. The number of ketones is 1. The van der Waals surface area contributed by atoms with Gasteiger partial charge in [-0.3, -0.25) is 4.79 Å². The number of carbonyl (C=O) groups excluding carboxylic acids is 1. The van der Waals surface area contributed by atoms with E-state index in [1.165, 1.54) is 6.07 Å². The third-order valence-electron chi connectivity index (χ3n) is 4.44. The first-order valence-corrected chi connectivity index (χ1v) is 9.57. The molecule has 144 valence electrons. The molecule has 0 aliphatic heterocycles. The van der Waals surface area contributed by atoms with Crippen molar-refractivity contribution in [2.45, 2.75) is 20.8 Å². The smallest absolute Gasteiger partial charge is 0.182 e. The number of likely N-dealkylation sites (N-methyl/N-ethyl adjacent to an activating group) is 1. The van der Waals surface area contributed by atoms with Crippen molar-refractivity contribution in [2.75, 3.05) is 32.1 Å². The minimum Gasteiger partial charge on any atom is -0.366 e. The number of rotatable bonds is 7. The van der Waals surface area contributed by atoms with Crippen LogP contribution >= 0.6 is 15.9 Å². The van der Waals surface area contributed by atoms with Gasteiger partial charge in [0.1, 0.15) is 5.82 Å². The third kappa shape index (κ3) is 5.39. The minimum absolute atomic E-state index is 0.0541. The van der Waals surface area contributed by atoms with Crippen molar-refractivity contribution < 1.29 is 9.18 Å². The Morgan fingerprint density at radius 2 is 1.89 bits per heavy atom. The van der Waals surface area contributed by atoms with E-state index < -0.39 is 0 Å². The van der Waals surface area contributed by atoms with Crippen LogP contribution in [0.1, 0.15) is 28.4 Å². The first-order valence-electron chi connectivity index (χ1n) is 8.78. The van der Waals surface area contributed by atoms with Gasteiger partial charge in [-0.15, -0.1) is 0 Å². The van der Waals surface area contributed by atoms with Crippen LogP contribution in [-0.2, 0) is 0 Å². The Labute approximate surface area is 168 Å². The first-order chi connectivity index (χ1) is 12.7. The van der Waals surface area contributed by atoms with E-state index in [2.05, 4.69) is 27.8 Å². The van der Waals surface area contributed by atoms with Gasteiger partial charge in [0.2, 0.25) is 0 Å². The molecule has 0 unspecified atom stereocenters. The van der Waals surface area contributed by atoms with E-state index in [1.807, 2.05) is 37.9 Å². The maximum Gasteiger partial charge on any atom is 0.182 e. The summed E-state index contributed by atoms with van der Waals surface area (Å²) < 4.78 is 14.8. The molecule has 0 heterocycles. The maximum absolute atomic E-state index is 14.1. The summed E-state index contributed by atoms with van der Waals surface area (Å²) in [6.45, 7) is 6.86. The van der Waals surface area contributed by atoms with Crippen LogP contribution in [0.25, 0.3) is 0 Å². The molecule has 6 heteroatoms. The molecule has 0 spiro atoms. The number of aliphatic imine (C=N–C) groups is 1. The second-order valence-corrected chi connectivity index (χ2v) is 7.56. The van der Waals surface area contributed by atoms with E-state index in [-0.39, 0.29) is 18.1 Å². The zero-order chi connectivity index (χ0) is 20.1. The summed E-state index contributed by atoms with van der Waals surface area (Å²) in [6.07, 6.45) is 1.79. The number of hydrogen-bond donors (Lipinski definition) is 0. The Kier molecular flexibility index (Phi) is 7.13. The minimum atomic E-state index is -0.364. The summed E-state index contributed by atoms with van der Waals surface area (Å²) in [5, 5.41) is 0. The molecule has 2 rings (SSSR count). The molecule has 2 aromatic rings. The number of carbonyl (C=O) groups is 1. The van der Waals surface area contributed by atoms with Crippen molar-refractivity contribution in [1.82, 2.24) is 4.90 Å². The highest BCUT2D eigenvalue weighted by atomic mass is 79.9. The number of hydrogen-bond acceptors (Lipinski definition) is 3. The van der Waals surface area contributed by atoms with Gasteiger partial charge in [-0.05, 0) is 62.2 Å².